The van der Waals surface area contributed by atoms with E-state index < -0.39 is 53.6 Å². The molecule has 2 aromatic carbocycles. The predicted molar refractivity (Wildman–Crippen MR) is 133 cm³/mol. The first kappa shape index (κ1) is 29.8. The van der Waals surface area contributed by atoms with Crippen LogP contribution in [0.25, 0.3) is 11.3 Å². The number of nitrogens with zero attached hydrogens (tertiary/aromatic N) is 2. The average Bonchev–Trinajstić information content (AvgIpc) is 3.27. The van der Waals surface area contributed by atoms with Crippen molar-refractivity contribution in [2.75, 3.05) is 18.0 Å². The van der Waals surface area contributed by atoms with Gasteiger partial charge in [0.25, 0.3) is 0 Å². The van der Waals surface area contributed by atoms with Crippen LogP contribution in [0.2, 0.25) is 0 Å². The first-order valence-corrected chi connectivity index (χ1v) is 12.2. The lowest BCUT2D eigenvalue weighted by molar-refractivity contribution is -0.141. The number of carbonyl (C=O) groups excluding carboxylic acids is 2. The minimum atomic E-state index is -4.83. The number of benzene rings is 2. The number of cyclic esters (lactones) is 1. The van der Waals surface area contributed by atoms with E-state index in [4.69, 9.17) is 4.74 Å². The average molecular weight is 584 g/mol. The third kappa shape index (κ3) is 7.31. The summed E-state index contributed by atoms with van der Waals surface area (Å²) in [6.45, 7) is 1.06. The monoisotopic (exact) mass is 584 g/mol. The topological polar surface area (TPSA) is 83.6 Å². The largest absolute Gasteiger partial charge is 0.442 e. The van der Waals surface area contributed by atoms with Crippen molar-refractivity contribution in [3.8, 4) is 11.3 Å². The summed E-state index contributed by atoms with van der Waals surface area (Å²) < 4.78 is 99.0. The molecule has 4 rings (SSSR count). The van der Waals surface area contributed by atoms with E-state index in [2.05, 4.69) is 15.6 Å². The van der Waals surface area contributed by atoms with Crippen LogP contribution in [-0.4, -0.2) is 36.2 Å². The summed E-state index contributed by atoms with van der Waals surface area (Å²) in [4.78, 5) is 28.7. The normalized spacial score (nSPS) is 15.7. The van der Waals surface area contributed by atoms with Crippen molar-refractivity contribution >= 4 is 17.7 Å². The molecule has 1 aliphatic rings. The molecule has 0 radical (unpaired) electrons. The van der Waals surface area contributed by atoms with Gasteiger partial charge in [-0.3, -0.25) is 14.7 Å². The molecule has 1 aliphatic heterocycles. The summed E-state index contributed by atoms with van der Waals surface area (Å²) in [5, 5.41) is 5.24. The number of nitrogens with one attached hydrogen (secondary N) is 2. The molecule has 1 aromatic heterocycles. The van der Waals surface area contributed by atoms with E-state index in [1.807, 2.05) is 0 Å². The second-order valence-corrected chi connectivity index (χ2v) is 9.24. The predicted octanol–water partition coefficient (Wildman–Crippen LogP) is 5.68. The Kier molecular flexibility index (Phi) is 8.52. The van der Waals surface area contributed by atoms with Gasteiger partial charge in [0.1, 0.15) is 11.9 Å². The molecule has 0 aliphatic carbocycles. The fraction of sp³-hybridized carbons (Fsp3) is 0.296. The van der Waals surface area contributed by atoms with E-state index in [-0.39, 0.29) is 42.5 Å². The number of ether oxygens (including phenoxy) is 1. The van der Waals surface area contributed by atoms with Gasteiger partial charge in [-0.2, -0.15) is 26.3 Å². The molecule has 7 nitrogen and oxygen atoms in total. The first-order chi connectivity index (χ1) is 19.2. The smallest absolute Gasteiger partial charge is 0.416 e. The number of alkyl halides is 6. The third-order valence-corrected chi connectivity index (χ3v) is 6.20. The third-order valence-electron chi connectivity index (χ3n) is 6.20. The van der Waals surface area contributed by atoms with Crippen molar-refractivity contribution in [1.82, 2.24) is 15.6 Å². The second kappa shape index (κ2) is 11.7. The van der Waals surface area contributed by atoms with Crippen LogP contribution < -0.4 is 15.5 Å². The molecule has 0 bridgehead atoms. The quantitative estimate of drug-likeness (QED) is 0.333. The lowest BCUT2D eigenvalue weighted by Crippen LogP contribution is -2.33. The lowest BCUT2D eigenvalue weighted by atomic mass is 10.0. The van der Waals surface area contributed by atoms with Gasteiger partial charge in [-0.25, -0.2) is 9.18 Å². The number of carbonyl (C=O) groups is 2. The van der Waals surface area contributed by atoms with Crippen LogP contribution in [0.4, 0.5) is 41.2 Å². The van der Waals surface area contributed by atoms with Gasteiger partial charge < -0.3 is 15.4 Å². The molecule has 0 saturated carbocycles. The Labute approximate surface area is 229 Å². The second-order valence-electron chi connectivity index (χ2n) is 9.24. The highest BCUT2D eigenvalue weighted by atomic mass is 19.4. The maximum Gasteiger partial charge on any atom is 0.416 e. The highest BCUT2D eigenvalue weighted by Gasteiger charge is 2.37. The van der Waals surface area contributed by atoms with Crippen LogP contribution in [0, 0.1) is 5.82 Å². The van der Waals surface area contributed by atoms with Crippen LogP contribution in [0.15, 0.2) is 54.7 Å². The fourth-order valence-corrected chi connectivity index (χ4v) is 4.20. The van der Waals surface area contributed by atoms with Gasteiger partial charge in [0.05, 0.1) is 35.6 Å². The molecule has 3 aromatic rings. The molecule has 1 fully saturated rings. The number of hydrogen-bond acceptors (Lipinski definition) is 5. The summed E-state index contributed by atoms with van der Waals surface area (Å²) in [6.07, 6.45) is -9.54. The molecular weight excluding hydrogens is 561 g/mol. The lowest BCUT2D eigenvalue weighted by Gasteiger charge is -2.16. The molecule has 2 N–H and O–H groups in total. The van der Waals surface area contributed by atoms with E-state index in [1.165, 1.54) is 36.2 Å². The standard InChI is InChI=1S/C27H23F7N4O3/c1-15(39)36-13-20-14-38(25(40)41-20)19-4-5-21(23(28)9-19)24-7-2-16(11-37-24)10-35-12-17-8-18(26(29,30)31)3-6-22(17)27(32,33)34/h2-9,11,20,35H,10,12-14H2,1H3,(H,36,39)/t20-/m0/s1. The van der Waals surface area contributed by atoms with Crippen LogP contribution in [0.1, 0.15) is 29.2 Å². The van der Waals surface area contributed by atoms with Crippen LogP contribution in [-0.2, 0) is 35.0 Å². The molecule has 1 atom stereocenters. The Morgan fingerprint density at radius 2 is 1.78 bits per heavy atom. The summed E-state index contributed by atoms with van der Waals surface area (Å²) in [7, 11) is 0. The Hall–Kier alpha value is -4.20. The maximum absolute atomic E-state index is 14.9. The maximum atomic E-state index is 14.9. The summed E-state index contributed by atoms with van der Waals surface area (Å²) in [5.74, 6) is -0.960. The number of halogens is 7. The van der Waals surface area contributed by atoms with Crippen molar-refractivity contribution in [3.05, 3.63) is 82.8 Å². The van der Waals surface area contributed by atoms with Gasteiger partial charge >= 0.3 is 18.4 Å². The van der Waals surface area contributed by atoms with Crippen molar-refractivity contribution in [2.24, 2.45) is 0 Å². The highest BCUT2D eigenvalue weighted by Crippen LogP contribution is 2.36. The molecule has 1 saturated heterocycles. The molecule has 2 heterocycles. The molecule has 0 unspecified atom stereocenters. The van der Waals surface area contributed by atoms with Crippen LogP contribution >= 0.6 is 0 Å². The van der Waals surface area contributed by atoms with E-state index >= 15 is 0 Å². The molecule has 218 valence electrons. The van der Waals surface area contributed by atoms with Gasteiger partial charge in [-0.1, -0.05) is 6.07 Å². The molecule has 0 spiro atoms. The van der Waals surface area contributed by atoms with Crippen molar-refractivity contribution in [1.29, 1.82) is 0 Å². The summed E-state index contributed by atoms with van der Waals surface area (Å²) in [5.41, 5.74) is -1.81. The zero-order chi connectivity index (χ0) is 29.9. The van der Waals surface area contributed by atoms with Crippen LogP contribution in [0.5, 0.6) is 0 Å². The van der Waals surface area contributed by atoms with Gasteiger partial charge in [-0.15, -0.1) is 0 Å². The van der Waals surface area contributed by atoms with E-state index in [0.29, 0.717) is 23.8 Å². The van der Waals surface area contributed by atoms with Crippen molar-refractivity contribution < 1.29 is 45.1 Å². The number of hydrogen-bond donors (Lipinski definition) is 2. The van der Waals surface area contributed by atoms with Gasteiger partial charge in [0.2, 0.25) is 5.91 Å². The Bertz CT molecular complexity index is 1430. The number of pyridine rings is 1. The Balaban J connectivity index is 1.40. The minimum Gasteiger partial charge on any atom is -0.442 e. The summed E-state index contributed by atoms with van der Waals surface area (Å²) in [6, 6.07) is 8.36. The SMILES string of the molecule is CC(=O)NC[C@H]1CN(c2ccc(-c3ccc(CNCc4cc(C(F)(F)F)ccc4C(F)(F)F)cn3)c(F)c2)C(=O)O1. The fourth-order valence-electron chi connectivity index (χ4n) is 4.20. The minimum absolute atomic E-state index is 0.0149. The van der Waals surface area contributed by atoms with Crippen molar-refractivity contribution in [3.63, 3.8) is 0 Å². The van der Waals surface area contributed by atoms with E-state index in [0.717, 1.165) is 6.07 Å². The molecular formula is C27H23F7N4O3. The Morgan fingerprint density at radius 1 is 1.02 bits per heavy atom. The van der Waals surface area contributed by atoms with E-state index in [9.17, 15) is 40.3 Å². The zero-order valence-electron chi connectivity index (χ0n) is 21.4. The number of rotatable bonds is 8. The number of aromatic nitrogens is 1. The summed E-state index contributed by atoms with van der Waals surface area (Å²) >= 11 is 0. The molecule has 14 heteroatoms. The van der Waals surface area contributed by atoms with Gasteiger partial charge in [0, 0.05) is 31.8 Å². The van der Waals surface area contributed by atoms with Crippen molar-refractivity contribution in [2.45, 2.75) is 38.5 Å². The first-order valence-electron chi connectivity index (χ1n) is 12.2. The number of amides is 2. The van der Waals surface area contributed by atoms with Gasteiger partial charge in [0.15, 0.2) is 0 Å². The van der Waals surface area contributed by atoms with Crippen LogP contribution in [0.3, 0.4) is 0 Å². The molecule has 41 heavy (non-hydrogen) atoms. The number of anilines is 1. The van der Waals surface area contributed by atoms with E-state index in [1.54, 1.807) is 6.07 Å². The zero-order valence-corrected chi connectivity index (χ0v) is 21.4. The Morgan fingerprint density at radius 3 is 2.39 bits per heavy atom. The molecule has 2 amide bonds. The highest BCUT2D eigenvalue weighted by molar-refractivity contribution is 5.90. The van der Waals surface area contributed by atoms with Gasteiger partial charge in [-0.05, 0) is 53.6 Å².